The first kappa shape index (κ1) is 24.5. The summed E-state index contributed by atoms with van der Waals surface area (Å²) >= 11 is 0. The lowest BCUT2D eigenvalue weighted by Gasteiger charge is -1.99. The number of carbonyl (C=O) groups excluding carboxylic acids is 1. The van der Waals surface area contributed by atoms with E-state index in [-0.39, 0.29) is 37.6 Å². The monoisotopic (exact) mass is 358 g/mol. The van der Waals surface area contributed by atoms with Crippen LogP contribution in [0.5, 0.6) is 0 Å². The molecule has 0 spiro atoms. The minimum absolute atomic E-state index is 0.0473. The molecule has 1 rings (SSSR count). The number of benzene rings is 1. The number of aliphatic hydroxyl groups is 3. The van der Waals surface area contributed by atoms with E-state index in [9.17, 15) is 14.4 Å². The first-order valence-electron chi connectivity index (χ1n) is 6.93. The summed E-state index contributed by atoms with van der Waals surface area (Å²) in [7, 11) is 0. The average molecular weight is 358 g/mol. The van der Waals surface area contributed by atoms with Crippen LogP contribution in [0.15, 0.2) is 36.4 Å². The van der Waals surface area contributed by atoms with E-state index in [0.717, 1.165) is 0 Å². The molecule has 0 atom stereocenters. The lowest BCUT2D eigenvalue weighted by atomic mass is 10.1. The largest absolute Gasteiger partial charge is 0.478 e. The Morgan fingerprint density at radius 1 is 0.920 bits per heavy atom. The fourth-order valence-electron chi connectivity index (χ4n) is 1.12. The van der Waals surface area contributed by atoms with Crippen molar-refractivity contribution in [1.29, 1.82) is 0 Å². The first-order valence-corrected chi connectivity index (χ1v) is 6.93. The molecule has 0 bridgehead atoms. The molecule has 9 heteroatoms. The third-order valence-electron chi connectivity index (χ3n) is 2.16. The van der Waals surface area contributed by atoms with Crippen LogP contribution in [-0.2, 0) is 9.53 Å². The van der Waals surface area contributed by atoms with Gasteiger partial charge < -0.3 is 30.3 Å². The Balaban J connectivity index is 0. The zero-order chi connectivity index (χ0) is 19.8. The molecule has 9 nitrogen and oxygen atoms in total. The molecule has 1 aromatic carbocycles. The number of aromatic carboxylic acids is 2. The molecular formula is C16H22O9. The van der Waals surface area contributed by atoms with Gasteiger partial charge in [-0.1, -0.05) is 18.7 Å². The van der Waals surface area contributed by atoms with Crippen LogP contribution >= 0.6 is 0 Å². The highest BCUT2D eigenvalue weighted by atomic mass is 16.5. The van der Waals surface area contributed by atoms with Gasteiger partial charge in [0.1, 0.15) is 6.61 Å². The molecule has 0 heterocycles. The topological polar surface area (TPSA) is 162 Å². The summed E-state index contributed by atoms with van der Waals surface area (Å²) in [5.41, 5.74) is -0.0292. The van der Waals surface area contributed by atoms with Gasteiger partial charge >= 0.3 is 17.9 Å². The number of aliphatic hydroxyl groups excluding tert-OH is 3. The molecule has 0 aliphatic heterocycles. The minimum Gasteiger partial charge on any atom is -0.478 e. The summed E-state index contributed by atoms with van der Waals surface area (Å²) in [6, 6.07) is 5.48. The van der Waals surface area contributed by atoms with Crippen LogP contribution in [-0.4, -0.2) is 69.9 Å². The second kappa shape index (κ2) is 14.8. The van der Waals surface area contributed by atoms with Crippen molar-refractivity contribution in [1.82, 2.24) is 0 Å². The quantitative estimate of drug-likeness (QED) is 0.352. The molecule has 0 aliphatic carbocycles. The maximum atomic E-state index is 10.5. The van der Waals surface area contributed by atoms with Crippen LogP contribution < -0.4 is 0 Å². The predicted octanol–water partition coefficient (Wildman–Crippen LogP) is 0.152. The van der Waals surface area contributed by atoms with Gasteiger partial charge in [-0.05, 0) is 19.1 Å². The third-order valence-corrected chi connectivity index (χ3v) is 2.16. The Morgan fingerprint density at radius 2 is 1.32 bits per heavy atom. The SMILES string of the molecule is C=C(C)C(=O)OCCO.O=C(O)c1ccccc1C(=O)O.OCCO. The van der Waals surface area contributed by atoms with Crippen LogP contribution in [0.1, 0.15) is 27.6 Å². The number of ether oxygens (including phenoxy) is 1. The molecule has 0 aliphatic rings. The van der Waals surface area contributed by atoms with Crippen molar-refractivity contribution in [2.45, 2.75) is 6.92 Å². The van der Waals surface area contributed by atoms with Gasteiger partial charge in [-0.2, -0.15) is 0 Å². The highest BCUT2D eigenvalue weighted by molar-refractivity contribution is 6.01. The van der Waals surface area contributed by atoms with Crippen molar-refractivity contribution in [2.75, 3.05) is 26.4 Å². The van der Waals surface area contributed by atoms with Crippen LogP contribution in [0.2, 0.25) is 0 Å². The summed E-state index contributed by atoms with van der Waals surface area (Å²) in [6.45, 7) is 4.56. The van der Waals surface area contributed by atoms with Crippen molar-refractivity contribution in [3.63, 3.8) is 0 Å². The van der Waals surface area contributed by atoms with Gasteiger partial charge in [-0.3, -0.25) is 0 Å². The maximum Gasteiger partial charge on any atom is 0.336 e. The third kappa shape index (κ3) is 12.4. The van der Waals surface area contributed by atoms with E-state index in [1.54, 1.807) is 6.92 Å². The van der Waals surface area contributed by atoms with E-state index in [1.165, 1.54) is 24.3 Å². The Bertz CT molecular complexity index is 531. The lowest BCUT2D eigenvalue weighted by molar-refractivity contribution is -0.139. The molecule has 5 N–H and O–H groups in total. The van der Waals surface area contributed by atoms with Gasteiger partial charge in [0.15, 0.2) is 0 Å². The van der Waals surface area contributed by atoms with Crippen molar-refractivity contribution in [3.05, 3.63) is 47.5 Å². The normalized spacial score (nSPS) is 8.80. The van der Waals surface area contributed by atoms with Gasteiger partial charge in [0.05, 0.1) is 30.9 Å². The Labute approximate surface area is 144 Å². The Hall–Kier alpha value is -2.75. The van der Waals surface area contributed by atoms with E-state index in [2.05, 4.69) is 11.3 Å². The van der Waals surface area contributed by atoms with E-state index in [0.29, 0.717) is 5.57 Å². The van der Waals surface area contributed by atoms with Gasteiger partial charge in [0.25, 0.3) is 0 Å². The standard InChI is InChI=1S/C8H6O4.C6H10O3.C2H6O2/c9-7(10)5-3-1-2-4-6(5)8(11)12;1-5(2)6(8)9-4-3-7;3-1-2-4/h1-4H,(H,9,10)(H,11,12);7H,1,3-4H2,2H3;3-4H,1-2H2. The molecule has 1 aromatic rings. The first-order chi connectivity index (χ1) is 11.7. The molecule has 0 amide bonds. The number of esters is 1. The summed E-state index contributed by atoms with van der Waals surface area (Å²) < 4.78 is 4.46. The smallest absolute Gasteiger partial charge is 0.336 e. The molecule has 25 heavy (non-hydrogen) atoms. The fraction of sp³-hybridized carbons (Fsp3) is 0.312. The summed E-state index contributed by atoms with van der Waals surface area (Å²) in [6.07, 6.45) is 0. The maximum absolute atomic E-state index is 10.5. The number of rotatable bonds is 6. The summed E-state index contributed by atoms with van der Waals surface area (Å²) in [5.74, 6) is -2.91. The highest BCUT2D eigenvalue weighted by Crippen LogP contribution is 2.07. The average Bonchev–Trinajstić information content (AvgIpc) is 2.60. The van der Waals surface area contributed by atoms with Gasteiger partial charge in [-0.15, -0.1) is 0 Å². The van der Waals surface area contributed by atoms with Crippen LogP contribution in [0.25, 0.3) is 0 Å². The van der Waals surface area contributed by atoms with E-state index in [4.69, 9.17) is 25.5 Å². The lowest BCUT2D eigenvalue weighted by Crippen LogP contribution is -2.08. The minimum atomic E-state index is -1.23. The van der Waals surface area contributed by atoms with Crippen molar-refractivity contribution < 1.29 is 44.7 Å². The summed E-state index contributed by atoms with van der Waals surface area (Å²) in [4.78, 5) is 31.4. The molecule has 0 fully saturated rings. The van der Waals surface area contributed by atoms with Crippen LogP contribution in [0, 0.1) is 0 Å². The molecular weight excluding hydrogens is 336 g/mol. The van der Waals surface area contributed by atoms with Crippen molar-refractivity contribution >= 4 is 17.9 Å². The van der Waals surface area contributed by atoms with Gasteiger partial charge in [-0.25, -0.2) is 14.4 Å². The molecule has 0 aromatic heterocycles. The number of hydrogen-bond acceptors (Lipinski definition) is 7. The Morgan fingerprint density at radius 3 is 1.56 bits per heavy atom. The Kier molecular flexibility index (Phi) is 14.5. The zero-order valence-corrected chi connectivity index (χ0v) is 13.7. The predicted molar refractivity (Wildman–Crippen MR) is 87.4 cm³/mol. The number of carboxylic acids is 2. The highest BCUT2D eigenvalue weighted by Gasteiger charge is 2.13. The molecule has 0 unspecified atom stereocenters. The summed E-state index contributed by atoms with van der Waals surface area (Å²) in [5, 5.41) is 40.5. The molecule has 0 saturated heterocycles. The molecule has 0 saturated carbocycles. The van der Waals surface area contributed by atoms with Crippen LogP contribution in [0.3, 0.4) is 0 Å². The second-order valence-electron chi connectivity index (χ2n) is 4.24. The van der Waals surface area contributed by atoms with E-state index >= 15 is 0 Å². The molecule has 140 valence electrons. The van der Waals surface area contributed by atoms with Gasteiger partial charge in [0.2, 0.25) is 0 Å². The number of carboxylic acid groups (broad SMARTS) is 2. The number of hydrogen-bond donors (Lipinski definition) is 5. The second-order valence-corrected chi connectivity index (χ2v) is 4.24. The van der Waals surface area contributed by atoms with E-state index < -0.39 is 17.9 Å². The van der Waals surface area contributed by atoms with Gasteiger partial charge in [0, 0.05) is 5.57 Å². The fourth-order valence-corrected chi connectivity index (χ4v) is 1.12. The zero-order valence-electron chi connectivity index (χ0n) is 13.7. The van der Waals surface area contributed by atoms with Crippen molar-refractivity contribution in [2.24, 2.45) is 0 Å². The van der Waals surface area contributed by atoms with E-state index in [1.807, 2.05) is 0 Å². The molecule has 0 radical (unpaired) electrons. The van der Waals surface area contributed by atoms with Crippen molar-refractivity contribution in [3.8, 4) is 0 Å². The number of carbonyl (C=O) groups is 3. The van der Waals surface area contributed by atoms with Crippen LogP contribution in [0.4, 0.5) is 0 Å².